The Balaban J connectivity index is 2.10. The number of carboxylic acids is 1. The van der Waals surface area contributed by atoms with Crippen molar-refractivity contribution in [2.45, 2.75) is 19.9 Å². The molecule has 0 fully saturated rings. The van der Waals surface area contributed by atoms with E-state index >= 15 is 0 Å². The molecule has 106 valence electrons. The summed E-state index contributed by atoms with van der Waals surface area (Å²) in [5.74, 6) is -0.275. The van der Waals surface area contributed by atoms with Crippen LogP contribution in [0, 0.1) is 6.92 Å². The Kier molecular flexibility index (Phi) is 3.44. The molecule has 0 saturated carbocycles. The maximum Gasteiger partial charge on any atom is 0.311 e. The maximum absolute atomic E-state index is 11.1. The summed E-state index contributed by atoms with van der Waals surface area (Å²) in [4.78, 5) is 15.6. The van der Waals surface area contributed by atoms with E-state index in [-0.39, 0.29) is 6.42 Å². The third-order valence-corrected chi connectivity index (χ3v) is 3.48. The molecule has 4 nitrogen and oxygen atoms in total. The van der Waals surface area contributed by atoms with Crippen LogP contribution in [0.3, 0.4) is 0 Å². The van der Waals surface area contributed by atoms with Crippen molar-refractivity contribution in [2.24, 2.45) is 0 Å². The molecule has 0 atom stereocenters. The Morgan fingerprint density at radius 1 is 1.19 bits per heavy atom. The summed E-state index contributed by atoms with van der Waals surface area (Å²) in [6, 6.07) is 16.0. The first-order chi connectivity index (χ1) is 10.1. The fourth-order valence-corrected chi connectivity index (χ4v) is 2.50. The van der Waals surface area contributed by atoms with Crippen molar-refractivity contribution in [2.75, 3.05) is 0 Å². The maximum atomic E-state index is 11.1. The van der Waals surface area contributed by atoms with Gasteiger partial charge in [0.1, 0.15) is 12.2 Å². The molecule has 1 aromatic heterocycles. The molecule has 3 rings (SSSR count). The number of hydrogen-bond donors (Lipinski definition) is 1. The Labute approximate surface area is 122 Å². The Hall–Kier alpha value is -2.62. The molecule has 1 heterocycles. The van der Waals surface area contributed by atoms with Crippen LogP contribution in [0.2, 0.25) is 0 Å². The predicted octanol–water partition coefficient (Wildman–Crippen LogP) is 3.02. The number of fused-ring (bicyclic) bond motifs is 1. The molecule has 0 saturated heterocycles. The third-order valence-electron chi connectivity index (χ3n) is 3.48. The Morgan fingerprint density at radius 3 is 2.67 bits per heavy atom. The SMILES string of the molecule is Cc1ccc2c(c1)nc(CC(=O)O)n2Cc1ccccc1. The first kappa shape index (κ1) is 13.4. The summed E-state index contributed by atoms with van der Waals surface area (Å²) in [5.41, 5.74) is 4.07. The van der Waals surface area contributed by atoms with Crippen LogP contribution >= 0.6 is 0 Å². The van der Waals surface area contributed by atoms with Crippen molar-refractivity contribution in [3.8, 4) is 0 Å². The van der Waals surface area contributed by atoms with Gasteiger partial charge in [0.05, 0.1) is 11.0 Å². The van der Waals surface area contributed by atoms with Crippen LogP contribution in [-0.2, 0) is 17.8 Å². The normalized spacial score (nSPS) is 10.9. The standard InChI is InChI=1S/C17H16N2O2/c1-12-7-8-15-14(9-12)18-16(10-17(20)21)19(15)11-13-5-3-2-4-6-13/h2-9H,10-11H2,1H3,(H,20,21). The van der Waals surface area contributed by atoms with Crippen molar-refractivity contribution in [3.05, 3.63) is 65.5 Å². The first-order valence-corrected chi connectivity index (χ1v) is 6.85. The highest BCUT2D eigenvalue weighted by molar-refractivity contribution is 5.79. The zero-order valence-electron chi connectivity index (χ0n) is 11.8. The van der Waals surface area contributed by atoms with Gasteiger partial charge in [-0.25, -0.2) is 4.98 Å². The van der Waals surface area contributed by atoms with E-state index in [0.29, 0.717) is 12.4 Å². The van der Waals surface area contributed by atoms with E-state index in [4.69, 9.17) is 5.11 Å². The zero-order chi connectivity index (χ0) is 14.8. The summed E-state index contributed by atoms with van der Waals surface area (Å²) in [6.07, 6.45) is -0.0689. The van der Waals surface area contributed by atoms with Crippen molar-refractivity contribution in [1.29, 1.82) is 0 Å². The van der Waals surface area contributed by atoms with Crippen molar-refractivity contribution in [3.63, 3.8) is 0 Å². The molecule has 0 radical (unpaired) electrons. The van der Waals surface area contributed by atoms with Gasteiger partial charge >= 0.3 is 5.97 Å². The molecular formula is C17H16N2O2. The molecule has 0 aliphatic heterocycles. The number of aromatic nitrogens is 2. The van der Waals surface area contributed by atoms with Crippen LogP contribution in [0.1, 0.15) is 17.0 Å². The van der Waals surface area contributed by atoms with Crippen molar-refractivity contribution in [1.82, 2.24) is 9.55 Å². The summed E-state index contributed by atoms with van der Waals surface area (Å²) in [7, 11) is 0. The number of rotatable bonds is 4. The van der Waals surface area contributed by atoms with Gasteiger partial charge in [0.15, 0.2) is 0 Å². The molecule has 0 unspecified atom stereocenters. The second-order valence-corrected chi connectivity index (χ2v) is 5.16. The molecule has 21 heavy (non-hydrogen) atoms. The smallest absolute Gasteiger partial charge is 0.311 e. The van der Waals surface area contributed by atoms with Crippen LogP contribution in [0.5, 0.6) is 0 Å². The van der Waals surface area contributed by atoms with Crippen LogP contribution in [-0.4, -0.2) is 20.6 Å². The summed E-state index contributed by atoms with van der Waals surface area (Å²) >= 11 is 0. The lowest BCUT2D eigenvalue weighted by molar-refractivity contribution is -0.136. The van der Waals surface area contributed by atoms with Gasteiger partial charge in [0, 0.05) is 6.54 Å². The van der Waals surface area contributed by atoms with E-state index in [0.717, 1.165) is 22.2 Å². The quantitative estimate of drug-likeness (QED) is 0.799. The van der Waals surface area contributed by atoms with Crippen molar-refractivity contribution < 1.29 is 9.90 Å². The Morgan fingerprint density at radius 2 is 1.95 bits per heavy atom. The van der Waals surface area contributed by atoms with E-state index in [2.05, 4.69) is 4.98 Å². The van der Waals surface area contributed by atoms with E-state index in [1.54, 1.807) is 0 Å². The minimum Gasteiger partial charge on any atom is -0.481 e. The van der Waals surface area contributed by atoms with E-state index < -0.39 is 5.97 Å². The van der Waals surface area contributed by atoms with Gasteiger partial charge < -0.3 is 9.67 Å². The largest absolute Gasteiger partial charge is 0.481 e. The van der Waals surface area contributed by atoms with Gasteiger partial charge in [-0.3, -0.25) is 4.79 Å². The molecule has 0 aliphatic carbocycles. The molecule has 0 bridgehead atoms. The lowest BCUT2D eigenvalue weighted by Crippen LogP contribution is -2.10. The van der Waals surface area contributed by atoms with Gasteiger partial charge in [0.2, 0.25) is 0 Å². The van der Waals surface area contributed by atoms with Crippen LogP contribution in [0.4, 0.5) is 0 Å². The zero-order valence-corrected chi connectivity index (χ0v) is 11.8. The molecule has 0 amide bonds. The number of imidazole rings is 1. The van der Waals surface area contributed by atoms with Gasteiger partial charge in [0.25, 0.3) is 0 Å². The highest BCUT2D eigenvalue weighted by Gasteiger charge is 2.14. The fourth-order valence-electron chi connectivity index (χ4n) is 2.50. The fraction of sp³-hybridized carbons (Fsp3) is 0.176. The van der Waals surface area contributed by atoms with Gasteiger partial charge in [-0.05, 0) is 30.2 Å². The van der Waals surface area contributed by atoms with Gasteiger partial charge in [-0.15, -0.1) is 0 Å². The average molecular weight is 280 g/mol. The lowest BCUT2D eigenvalue weighted by Gasteiger charge is -2.08. The number of aryl methyl sites for hydroxylation is 1. The number of nitrogens with zero attached hydrogens (tertiary/aromatic N) is 2. The molecule has 4 heteroatoms. The minimum absolute atomic E-state index is 0.0689. The molecule has 1 N–H and O–H groups in total. The topological polar surface area (TPSA) is 55.1 Å². The number of hydrogen-bond acceptors (Lipinski definition) is 2. The highest BCUT2D eigenvalue weighted by Crippen LogP contribution is 2.20. The molecular weight excluding hydrogens is 264 g/mol. The molecule has 0 spiro atoms. The van der Waals surface area contributed by atoms with E-state index in [1.807, 2.05) is 60.0 Å². The number of aliphatic carboxylic acids is 1. The summed E-state index contributed by atoms with van der Waals surface area (Å²) in [6.45, 7) is 2.63. The van der Waals surface area contributed by atoms with Crippen LogP contribution in [0.25, 0.3) is 11.0 Å². The second kappa shape index (κ2) is 5.40. The Bertz CT molecular complexity index is 791. The van der Waals surface area contributed by atoms with Gasteiger partial charge in [-0.2, -0.15) is 0 Å². The van der Waals surface area contributed by atoms with E-state index in [9.17, 15) is 4.79 Å². The predicted molar refractivity (Wildman–Crippen MR) is 81.4 cm³/mol. The summed E-state index contributed by atoms with van der Waals surface area (Å²) < 4.78 is 1.98. The number of carboxylic acid groups (broad SMARTS) is 1. The molecule has 3 aromatic rings. The lowest BCUT2D eigenvalue weighted by atomic mass is 10.2. The van der Waals surface area contributed by atoms with Crippen LogP contribution in [0.15, 0.2) is 48.5 Å². The van der Waals surface area contributed by atoms with Gasteiger partial charge in [-0.1, -0.05) is 36.4 Å². The third kappa shape index (κ3) is 2.79. The van der Waals surface area contributed by atoms with Crippen LogP contribution < -0.4 is 0 Å². The van der Waals surface area contributed by atoms with Crippen molar-refractivity contribution >= 4 is 17.0 Å². The second-order valence-electron chi connectivity index (χ2n) is 5.16. The number of benzene rings is 2. The molecule has 0 aliphatic rings. The number of carbonyl (C=O) groups is 1. The summed E-state index contributed by atoms with van der Waals surface area (Å²) in [5, 5.41) is 9.08. The average Bonchev–Trinajstić information content (AvgIpc) is 2.76. The van der Waals surface area contributed by atoms with E-state index in [1.165, 1.54) is 0 Å². The monoisotopic (exact) mass is 280 g/mol. The minimum atomic E-state index is -0.865. The highest BCUT2D eigenvalue weighted by atomic mass is 16.4. The first-order valence-electron chi connectivity index (χ1n) is 6.85. The molecule has 2 aromatic carbocycles.